The molecule has 0 bridgehead atoms. The molecule has 12 heavy (non-hydrogen) atoms. The maximum atomic E-state index is 5.38. The normalized spacial score (nSPS) is 10.1. The summed E-state index contributed by atoms with van der Waals surface area (Å²) >= 11 is 0. The van der Waals surface area contributed by atoms with Gasteiger partial charge in [-0.15, -0.1) is 0 Å². The van der Waals surface area contributed by atoms with Crippen LogP contribution in [0, 0.1) is 6.07 Å². The van der Waals surface area contributed by atoms with E-state index >= 15 is 0 Å². The Hall–Kier alpha value is -0.820. The number of ether oxygens (including phenoxy) is 1. The topological polar surface area (TPSA) is 9.23 Å². The lowest BCUT2D eigenvalue weighted by Gasteiger charge is -2.01. The highest BCUT2D eigenvalue weighted by Gasteiger charge is 1.90. The highest BCUT2D eigenvalue weighted by Crippen LogP contribution is 1.98. The summed E-state index contributed by atoms with van der Waals surface area (Å²) in [5, 5.41) is 0. The zero-order valence-electron chi connectivity index (χ0n) is 7.55. The Morgan fingerprint density at radius 3 is 2.67 bits per heavy atom. The van der Waals surface area contributed by atoms with E-state index in [0.29, 0.717) is 0 Å². The van der Waals surface area contributed by atoms with Gasteiger partial charge in [0.15, 0.2) is 0 Å². The first-order chi connectivity index (χ1) is 5.93. The van der Waals surface area contributed by atoms with Crippen LogP contribution < -0.4 is 0 Å². The summed E-state index contributed by atoms with van der Waals surface area (Å²) in [6, 6.07) is 11.0. The van der Waals surface area contributed by atoms with E-state index in [-0.39, 0.29) is 0 Å². The van der Waals surface area contributed by atoms with Crippen LogP contribution >= 0.6 is 0 Å². The molecule has 1 aromatic carbocycles. The molecule has 0 saturated heterocycles. The Bertz CT molecular complexity index is 193. The predicted molar refractivity (Wildman–Crippen MR) is 50.1 cm³/mol. The first-order valence-electron chi connectivity index (χ1n) is 4.46. The predicted octanol–water partition coefficient (Wildman–Crippen LogP) is 2.46. The van der Waals surface area contributed by atoms with Gasteiger partial charge in [-0.25, -0.2) is 0 Å². The van der Waals surface area contributed by atoms with Gasteiger partial charge in [0.25, 0.3) is 0 Å². The molecule has 1 heteroatoms. The van der Waals surface area contributed by atoms with Crippen LogP contribution in [0.15, 0.2) is 24.3 Å². The molecule has 0 heterocycles. The van der Waals surface area contributed by atoms with Crippen molar-refractivity contribution in [1.29, 1.82) is 0 Å². The molecule has 0 fully saturated rings. The standard InChI is InChI=1S/C11H15O/c1-2-9-12-10-8-11-6-4-3-5-7-11/h4-7H,2,8-10H2,1H3. The molecule has 1 aromatic rings. The van der Waals surface area contributed by atoms with Gasteiger partial charge >= 0.3 is 0 Å². The van der Waals surface area contributed by atoms with E-state index in [1.165, 1.54) is 5.56 Å². The van der Waals surface area contributed by atoms with Crippen LogP contribution in [-0.4, -0.2) is 13.2 Å². The average molecular weight is 163 g/mol. The molecule has 0 aromatic heterocycles. The van der Waals surface area contributed by atoms with E-state index in [4.69, 9.17) is 4.74 Å². The Balaban J connectivity index is 2.16. The zero-order chi connectivity index (χ0) is 8.65. The van der Waals surface area contributed by atoms with Crippen LogP contribution in [0.5, 0.6) is 0 Å². The molecule has 0 unspecified atom stereocenters. The fraction of sp³-hybridized carbons (Fsp3) is 0.455. The summed E-state index contributed by atoms with van der Waals surface area (Å²) in [6.07, 6.45) is 2.11. The molecule has 65 valence electrons. The van der Waals surface area contributed by atoms with Gasteiger partial charge in [0.2, 0.25) is 0 Å². The van der Waals surface area contributed by atoms with Crippen molar-refractivity contribution < 1.29 is 4.74 Å². The van der Waals surface area contributed by atoms with Gasteiger partial charge in [-0.05, 0) is 24.5 Å². The molecule has 1 nitrogen and oxygen atoms in total. The van der Waals surface area contributed by atoms with Crippen molar-refractivity contribution >= 4 is 0 Å². The lowest BCUT2D eigenvalue weighted by atomic mass is 10.2. The number of rotatable bonds is 5. The molecule has 0 amide bonds. The van der Waals surface area contributed by atoms with E-state index < -0.39 is 0 Å². The number of benzene rings is 1. The van der Waals surface area contributed by atoms with Gasteiger partial charge < -0.3 is 4.74 Å². The van der Waals surface area contributed by atoms with Crippen molar-refractivity contribution in [2.24, 2.45) is 0 Å². The van der Waals surface area contributed by atoms with E-state index in [0.717, 1.165) is 26.1 Å². The quantitative estimate of drug-likeness (QED) is 0.606. The molecule has 0 aliphatic carbocycles. The minimum absolute atomic E-state index is 0.831. The summed E-state index contributed by atoms with van der Waals surface area (Å²) in [5.41, 5.74) is 1.32. The van der Waals surface area contributed by atoms with Crippen LogP contribution in [-0.2, 0) is 11.2 Å². The SMILES string of the molecule is CCCOCCc1cc[c]cc1. The van der Waals surface area contributed by atoms with Crippen LogP contribution in [0.1, 0.15) is 18.9 Å². The van der Waals surface area contributed by atoms with E-state index in [2.05, 4.69) is 25.1 Å². The third-order valence-corrected chi connectivity index (χ3v) is 1.67. The van der Waals surface area contributed by atoms with Crippen molar-refractivity contribution in [3.63, 3.8) is 0 Å². The molecule has 1 radical (unpaired) electrons. The summed E-state index contributed by atoms with van der Waals surface area (Å²) in [7, 11) is 0. The van der Waals surface area contributed by atoms with Gasteiger partial charge in [-0.1, -0.05) is 31.2 Å². The van der Waals surface area contributed by atoms with Crippen molar-refractivity contribution in [1.82, 2.24) is 0 Å². The maximum absolute atomic E-state index is 5.38. The monoisotopic (exact) mass is 163 g/mol. The number of hydrogen-bond acceptors (Lipinski definition) is 1. The first kappa shape index (κ1) is 9.27. The van der Waals surface area contributed by atoms with Crippen molar-refractivity contribution in [3.05, 3.63) is 35.9 Å². The van der Waals surface area contributed by atoms with Gasteiger partial charge in [0, 0.05) is 6.61 Å². The summed E-state index contributed by atoms with van der Waals surface area (Å²) in [4.78, 5) is 0. The summed E-state index contributed by atoms with van der Waals surface area (Å²) in [6.45, 7) is 3.83. The zero-order valence-corrected chi connectivity index (χ0v) is 7.55. The van der Waals surface area contributed by atoms with Crippen LogP contribution in [0.2, 0.25) is 0 Å². The summed E-state index contributed by atoms with van der Waals surface area (Å²) in [5.74, 6) is 0. The smallest absolute Gasteiger partial charge is 0.0506 e. The third kappa shape index (κ3) is 3.54. The van der Waals surface area contributed by atoms with Crippen LogP contribution in [0.4, 0.5) is 0 Å². The van der Waals surface area contributed by atoms with E-state index in [1.807, 2.05) is 12.1 Å². The fourth-order valence-electron chi connectivity index (χ4n) is 1.02. The molecule has 0 aliphatic rings. The lowest BCUT2D eigenvalue weighted by Crippen LogP contribution is -1.98. The molecule has 0 atom stereocenters. The second kappa shape index (κ2) is 5.78. The molecule has 0 N–H and O–H groups in total. The van der Waals surface area contributed by atoms with Gasteiger partial charge in [-0.3, -0.25) is 0 Å². The highest BCUT2D eigenvalue weighted by molar-refractivity contribution is 5.13. The van der Waals surface area contributed by atoms with Crippen LogP contribution in [0.3, 0.4) is 0 Å². The molecule has 0 saturated carbocycles. The minimum atomic E-state index is 0.831. The van der Waals surface area contributed by atoms with Crippen molar-refractivity contribution in [2.75, 3.05) is 13.2 Å². The Kier molecular flexibility index (Phi) is 4.47. The molecule has 0 spiro atoms. The molecule has 1 rings (SSSR count). The Morgan fingerprint density at radius 2 is 2.00 bits per heavy atom. The van der Waals surface area contributed by atoms with Crippen molar-refractivity contribution in [2.45, 2.75) is 19.8 Å². The molecular weight excluding hydrogens is 148 g/mol. The first-order valence-corrected chi connectivity index (χ1v) is 4.46. The maximum Gasteiger partial charge on any atom is 0.0506 e. The minimum Gasteiger partial charge on any atom is -0.381 e. The highest BCUT2D eigenvalue weighted by atomic mass is 16.5. The second-order valence-corrected chi connectivity index (χ2v) is 2.77. The van der Waals surface area contributed by atoms with Crippen LogP contribution in [0.25, 0.3) is 0 Å². The average Bonchev–Trinajstić information content (AvgIpc) is 2.14. The van der Waals surface area contributed by atoms with Gasteiger partial charge in [0.05, 0.1) is 6.61 Å². The number of hydrogen-bond donors (Lipinski definition) is 0. The van der Waals surface area contributed by atoms with Crippen molar-refractivity contribution in [3.8, 4) is 0 Å². The van der Waals surface area contributed by atoms with E-state index in [9.17, 15) is 0 Å². The Labute approximate surface area is 74.4 Å². The largest absolute Gasteiger partial charge is 0.381 e. The van der Waals surface area contributed by atoms with Gasteiger partial charge in [0.1, 0.15) is 0 Å². The fourth-order valence-corrected chi connectivity index (χ4v) is 1.02. The van der Waals surface area contributed by atoms with E-state index in [1.54, 1.807) is 0 Å². The third-order valence-electron chi connectivity index (χ3n) is 1.67. The second-order valence-electron chi connectivity index (χ2n) is 2.77. The molecular formula is C11H15O. The lowest BCUT2D eigenvalue weighted by molar-refractivity contribution is 0.138. The van der Waals surface area contributed by atoms with Gasteiger partial charge in [-0.2, -0.15) is 0 Å². The summed E-state index contributed by atoms with van der Waals surface area (Å²) < 4.78 is 5.38. The molecule has 0 aliphatic heterocycles. The Morgan fingerprint density at radius 1 is 1.25 bits per heavy atom.